The highest BCUT2D eigenvalue weighted by Gasteiger charge is 2.35. The third-order valence-electron chi connectivity index (χ3n) is 6.60. The third-order valence-corrected chi connectivity index (χ3v) is 9.52. The lowest BCUT2D eigenvalue weighted by atomic mass is 10.1. The molecule has 0 spiro atoms. The smallest absolute Gasteiger partial charge is 0.357 e. The zero-order valence-corrected chi connectivity index (χ0v) is 28.8. The van der Waals surface area contributed by atoms with Crippen LogP contribution in [0.2, 0.25) is 0 Å². The first-order chi connectivity index (χ1) is 23.5. The van der Waals surface area contributed by atoms with E-state index in [1.54, 1.807) is 0 Å². The van der Waals surface area contributed by atoms with E-state index in [0.29, 0.717) is 34.0 Å². The van der Waals surface area contributed by atoms with Gasteiger partial charge in [-0.3, -0.25) is 42.5 Å². The molecule has 3 aromatic rings. The summed E-state index contributed by atoms with van der Waals surface area (Å²) < 4.78 is 125. The van der Waals surface area contributed by atoms with E-state index < -0.39 is 108 Å². The van der Waals surface area contributed by atoms with Crippen molar-refractivity contribution < 1.29 is 66.2 Å². The van der Waals surface area contributed by atoms with Crippen molar-refractivity contribution in [1.29, 1.82) is 0 Å². The molecule has 0 saturated carbocycles. The lowest BCUT2D eigenvalue weighted by Gasteiger charge is -2.16. The van der Waals surface area contributed by atoms with E-state index in [4.69, 9.17) is 4.18 Å². The number of carbonyl (C=O) groups excluding carboxylic acids is 3. The molecular formula is C27H22N4O16S4. The van der Waals surface area contributed by atoms with Crippen LogP contribution in [0.1, 0.15) is 29.9 Å². The summed E-state index contributed by atoms with van der Waals surface area (Å²) in [6.07, 6.45) is 5.67. The molecule has 0 radical (unpaired) electrons. The molecule has 1 atom stereocenters. The minimum Gasteiger partial charge on any atom is -0.378 e. The van der Waals surface area contributed by atoms with Crippen LogP contribution >= 0.6 is 0 Å². The maximum Gasteiger partial charge on any atom is 0.357 e. The van der Waals surface area contributed by atoms with Crippen molar-refractivity contribution in [2.75, 3.05) is 5.01 Å². The van der Waals surface area contributed by atoms with Crippen LogP contribution in [0.5, 0.6) is 5.75 Å². The maximum atomic E-state index is 13.3. The van der Waals surface area contributed by atoms with Crippen molar-refractivity contribution in [1.82, 2.24) is 9.78 Å². The number of hydrogen-bond donors (Lipinski definition) is 5. The van der Waals surface area contributed by atoms with Gasteiger partial charge in [0.25, 0.3) is 41.8 Å². The van der Waals surface area contributed by atoms with Crippen molar-refractivity contribution in [2.24, 2.45) is 5.10 Å². The number of ketones is 2. The van der Waals surface area contributed by atoms with Crippen molar-refractivity contribution in [3.05, 3.63) is 87.9 Å². The Morgan fingerprint density at radius 3 is 1.96 bits per heavy atom. The van der Waals surface area contributed by atoms with Crippen LogP contribution in [0.25, 0.3) is 11.8 Å². The summed E-state index contributed by atoms with van der Waals surface area (Å²) in [6.45, 7) is 2.08. The second-order valence-corrected chi connectivity index (χ2v) is 14.9. The van der Waals surface area contributed by atoms with Gasteiger partial charge in [-0.05, 0) is 48.6 Å². The first kappa shape index (κ1) is 38.6. The highest BCUT2D eigenvalue weighted by molar-refractivity contribution is 7.86. The molecule has 0 saturated heterocycles. The number of aromatic nitrogens is 2. The molecule has 1 aliphatic rings. The summed E-state index contributed by atoms with van der Waals surface area (Å²) in [4.78, 5) is 48.8. The molecule has 20 nitrogen and oxygen atoms in total. The Labute approximate surface area is 289 Å². The Kier molecular flexibility index (Phi) is 10.7. The van der Waals surface area contributed by atoms with Gasteiger partial charge in [-0.15, -0.1) is 0 Å². The largest absolute Gasteiger partial charge is 0.378 e. The fourth-order valence-electron chi connectivity index (χ4n) is 4.42. The molecule has 5 N–H and O–H groups in total. The third kappa shape index (κ3) is 8.40. The van der Waals surface area contributed by atoms with Gasteiger partial charge in [0.1, 0.15) is 22.0 Å². The number of amides is 1. The minimum atomic E-state index is -5.08. The number of aromatic amines is 1. The maximum absolute atomic E-state index is 13.3. The van der Waals surface area contributed by atoms with Gasteiger partial charge in [0.05, 0.1) is 26.6 Å². The number of hydrogen-bond acceptors (Lipinski definition) is 13. The first-order valence-electron chi connectivity index (χ1n) is 13.4. The van der Waals surface area contributed by atoms with E-state index in [0.717, 1.165) is 44.2 Å². The Balaban J connectivity index is 1.75. The molecular weight excluding hydrogens is 765 g/mol. The van der Waals surface area contributed by atoms with Crippen LogP contribution in [0.3, 0.4) is 0 Å². The first-order valence-corrected chi connectivity index (χ1v) is 18.7. The van der Waals surface area contributed by atoms with Crippen LogP contribution in [-0.4, -0.2) is 80.6 Å². The number of allylic oxidation sites excluding steroid dienone is 4. The summed E-state index contributed by atoms with van der Waals surface area (Å²) in [5, 5.41) is 6.69. The van der Waals surface area contributed by atoms with E-state index in [2.05, 4.69) is 10.2 Å². The highest BCUT2D eigenvalue weighted by atomic mass is 32.2. The van der Waals surface area contributed by atoms with Crippen LogP contribution in [0, 0.1) is 0 Å². The molecule has 51 heavy (non-hydrogen) atoms. The number of nitrogens with one attached hydrogen (secondary N) is 1. The number of rotatable bonds is 12. The van der Waals surface area contributed by atoms with E-state index >= 15 is 0 Å². The molecule has 1 unspecified atom stereocenters. The fraction of sp³-hybridized carbons (Fsp3) is 0.0741. The van der Waals surface area contributed by atoms with Gasteiger partial charge >= 0.3 is 11.4 Å². The van der Waals surface area contributed by atoms with Crippen molar-refractivity contribution in [3.8, 4) is 11.4 Å². The summed E-state index contributed by atoms with van der Waals surface area (Å²) >= 11 is -2.96. The molecule has 2 heterocycles. The highest BCUT2D eigenvalue weighted by Crippen LogP contribution is 2.35. The number of H-pyrrole nitrogens is 1. The minimum absolute atomic E-state index is 0.370. The molecule has 2 aromatic carbocycles. The molecule has 1 aromatic heterocycles. The van der Waals surface area contributed by atoms with Gasteiger partial charge in [-0.2, -0.15) is 39.6 Å². The second kappa shape index (κ2) is 14.2. The SMILES string of the molecule is CC(=O)C1=NN(c2cc(S(=O)(=O)O)ccc2OS(=O)O)C(=O)/C1=C/C=C/C=C/c1c(C(C)=O)[nH]n(-c2cc(S(=O)(=O)O)ccc2S(=O)(=O)O)c1=O. The summed E-state index contributed by atoms with van der Waals surface area (Å²) in [6, 6.07) is 4.19. The van der Waals surface area contributed by atoms with Crippen LogP contribution in [0.4, 0.5) is 5.69 Å². The fourth-order valence-corrected chi connectivity index (χ4v) is 6.37. The predicted molar refractivity (Wildman–Crippen MR) is 176 cm³/mol. The monoisotopic (exact) mass is 786 g/mol. The van der Waals surface area contributed by atoms with Gasteiger partial charge in [-0.25, -0.2) is 4.68 Å². The topological polar surface area (TPSA) is 314 Å². The Morgan fingerprint density at radius 1 is 0.843 bits per heavy atom. The Hall–Kier alpha value is -5.21. The summed E-state index contributed by atoms with van der Waals surface area (Å²) in [5.74, 6) is -3.08. The normalized spacial score (nSPS) is 15.6. The number of benzene rings is 2. The van der Waals surface area contributed by atoms with Gasteiger partial charge in [0, 0.05) is 13.8 Å². The van der Waals surface area contributed by atoms with Crippen molar-refractivity contribution in [3.63, 3.8) is 0 Å². The van der Waals surface area contributed by atoms with Crippen molar-refractivity contribution >= 4 is 76.7 Å². The van der Waals surface area contributed by atoms with Gasteiger partial charge in [0.2, 0.25) is 0 Å². The molecule has 0 bridgehead atoms. The average Bonchev–Trinajstić information content (AvgIpc) is 3.51. The molecule has 270 valence electrons. The number of carbonyl (C=O) groups is 3. The van der Waals surface area contributed by atoms with Gasteiger partial charge in [0.15, 0.2) is 17.3 Å². The summed E-state index contributed by atoms with van der Waals surface area (Å²) in [5.41, 5.74) is -4.02. The standard InChI is InChI=1S/C27H22N4O16S4/c1-14(32)24-18(26(34)30(28-24)20-12-16(49(38,39)40)8-10-22(20)47-48(36)37)6-4-3-5-7-19-25(15(2)33)29-31(27(19)35)21-13-17(50(41,42)43)9-11-23(21)51(44,45)46/h3-13,29H,1-2H3,(H,36,37)(H,38,39,40)(H,41,42,43)(H,44,45,46)/b4-3+,7-5+,18-6+. The quantitative estimate of drug-likeness (QED) is 0.0564. The van der Waals surface area contributed by atoms with E-state index in [-0.39, 0.29) is 11.1 Å². The molecule has 24 heteroatoms. The second-order valence-electron chi connectivity index (χ2n) is 10.0. The lowest BCUT2D eigenvalue weighted by Crippen LogP contribution is -2.23. The molecule has 4 rings (SSSR count). The van der Waals surface area contributed by atoms with E-state index in [1.807, 2.05) is 0 Å². The zero-order valence-electron chi connectivity index (χ0n) is 25.5. The van der Waals surface area contributed by atoms with Crippen molar-refractivity contribution in [2.45, 2.75) is 28.5 Å². The number of nitrogens with zero attached hydrogens (tertiary/aromatic N) is 3. The average molecular weight is 787 g/mol. The molecule has 1 aliphatic heterocycles. The van der Waals surface area contributed by atoms with Crippen LogP contribution < -0.4 is 14.8 Å². The van der Waals surface area contributed by atoms with E-state index in [9.17, 15) is 66.9 Å². The van der Waals surface area contributed by atoms with Crippen LogP contribution in [-0.2, 0) is 51.3 Å². The summed E-state index contributed by atoms with van der Waals surface area (Å²) in [7, 11) is -14.9. The number of Topliss-reactive ketones (excluding diaryl/α,β-unsaturated/α-hetero) is 2. The van der Waals surface area contributed by atoms with Gasteiger partial charge < -0.3 is 4.18 Å². The Morgan fingerprint density at radius 2 is 1.43 bits per heavy atom. The number of anilines is 1. The molecule has 0 aliphatic carbocycles. The zero-order chi connectivity index (χ0) is 38.2. The van der Waals surface area contributed by atoms with Gasteiger partial charge in [-0.1, -0.05) is 18.2 Å². The van der Waals surface area contributed by atoms with Crippen LogP contribution in [0.15, 0.2) is 90.9 Å². The molecule has 0 fully saturated rings. The Bertz CT molecular complexity index is 2560. The molecule has 1 amide bonds. The lowest BCUT2D eigenvalue weighted by molar-refractivity contribution is -0.115. The number of hydrazone groups is 1. The van der Waals surface area contributed by atoms with E-state index in [1.165, 1.54) is 12.2 Å². The predicted octanol–water partition coefficient (Wildman–Crippen LogP) is 1.11.